The Morgan fingerprint density at radius 3 is 3.00 bits per heavy atom. The van der Waals surface area contributed by atoms with E-state index in [0.29, 0.717) is 36.5 Å². The van der Waals surface area contributed by atoms with Gasteiger partial charge in [-0.15, -0.1) is 0 Å². The molecule has 1 aromatic heterocycles. The molecule has 1 fully saturated rings. The van der Waals surface area contributed by atoms with Crippen molar-refractivity contribution >= 4 is 22.6 Å². The third kappa shape index (κ3) is 2.72. The minimum absolute atomic E-state index is 0.0719. The number of amides is 1. The molecule has 0 aliphatic carbocycles. The highest BCUT2D eigenvalue weighted by molar-refractivity contribution is 5.99. The lowest BCUT2D eigenvalue weighted by molar-refractivity contribution is -0.118. The van der Waals surface area contributed by atoms with E-state index in [1.54, 1.807) is 18.2 Å². The lowest BCUT2D eigenvalue weighted by Crippen LogP contribution is -2.41. The molecule has 0 unspecified atom stereocenters. The van der Waals surface area contributed by atoms with Crippen molar-refractivity contribution in [2.75, 3.05) is 38.2 Å². The normalized spacial score (nSPS) is 16.6. The Morgan fingerprint density at radius 2 is 2.16 bits per heavy atom. The fraction of sp³-hybridized carbons (Fsp3) is 0.417. The van der Waals surface area contributed by atoms with Crippen LogP contribution in [0, 0.1) is 0 Å². The van der Waals surface area contributed by atoms with Crippen LogP contribution in [0.2, 0.25) is 0 Å². The van der Waals surface area contributed by atoms with Gasteiger partial charge in [0.1, 0.15) is 5.52 Å². The molecule has 7 heteroatoms. The number of morpholine rings is 1. The van der Waals surface area contributed by atoms with E-state index in [0.717, 1.165) is 13.1 Å². The molecule has 1 N–H and O–H groups in total. The molecule has 0 atom stereocenters. The quantitative estimate of drug-likeness (QED) is 0.867. The number of hydrogen-bond donors (Lipinski definition) is 1. The maximum Gasteiger partial charge on any atom is 0.238 e. The first-order valence-corrected chi connectivity index (χ1v) is 6.14. The SMILES string of the molecule is O=C(CN1CCOCC1)Nc1cccc2nonc12. The van der Waals surface area contributed by atoms with Crippen molar-refractivity contribution in [2.24, 2.45) is 0 Å². The van der Waals surface area contributed by atoms with Crippen molar-refractivity contribution in [2.45, 2.75) is 0 Å². The summed E-state index contributed by atoms with van der Waals surface area (Å²) in [4.78, 5) is 14.0. The van der Waals surface area contributed by atoms with Crippen LogP contribution in [0.5, 0.6) is 0 Å². The lowest BCUT2D eigenvalue weighted by atomic mass is 10.2. The van der Waals surface area contributed by atoms with E-state index >= 15 is 0 Å². The van der Waals surface area contributed by atoms with Crippen LogP contribution in [-0.4, -0.2) is 54.0 Å². The second-order valence-corrected chi connectivity index (χ2v) is 4.37. The topological polar surface area (TPSA) is 80.5 Å². The van der Waals surface area contributed by atoms with Gasteiger partial charge in [-0.05, 0) is 22.4 Å². The van der Waals surface area contributed by atoms with Gasteiger partial charge in [0, 0.05) is 13.1 Å². The van der Waals surface area contributed by atoms with E-state index in [4.69, 9.17) is 4.74 Å². The molecule has 19 heavy (non-hydrogen) atoms. The Balaban J connectivity index is 1.67. The molecule has 0 bridgehead atoms. The largest absolute Gasteiger partial charge is 0.379 e. The highest BCUT2D eigenvalue weighted by Gasteiger charge is 2.15. The zero-order valence-corrected chi connectivity index (χ0v) is 10.3. The van der Waals surface area contributed by atoms with Crippen molar-refractivity contribution in [1.82, 2.24) is 15.2 Å². The zero-order valence-electron chi connectivity index (χ0n) is 10.3. The first-order valence-electron chi connectivity index (χ1n) is 6.14. The number of hydrogen-bond acceptors (Lipinski definition) is 6. The molecule has 0 spiro atoms. The number of nitrogens with zero attached hydrogens (tertiary/aromatic N) is 3. The molecule has 1 aliphatic heterocycles. The summed E-state index contributed by atoms with van der Waals surface area (Å²) in [5.41, 5.74) is 1.82. The average Bonchev–Trinajstić information content (AvgIpc) is 2.89. The Hall–Kier alpha value is -1.99. The predicted molar refractivity (Wildman–Crippen MR) is 67.7 cm³/mol. The van der Waals surface area contributed by atoms with Crippen LogP contribution < -0.4 is 5.32 Å². The van der Waals surface area contributed by atoms with Crippen molar-refractivity contribution in [3.05, 3.63) is 18.2 Å². The van der Waals surface area contributed by atoms with Crippen molar-refractivity contribution in [1.29, 1.82) is 0 Å². The molecule has 7 nitrogen and oxygen atoms in total. The van der Waals surface area contributed by atoms with E-state index in [1.807, 2.05) is 0 Å². The number of aromatic nitrogens is 2. The maximum absolute atomic E-state index is 12.0. The van der Waals surface area contributed by atoms with Gasteiger partial charge >= 0.3 is 0 Å². The molecule has 1 aliphatic rings. The van der Waals surface area contributed by atoms with Crippen molar-refractivity contribution < 1.29 is 14.2 Å². The highest BCUT2D eigenvalue weighted by Crippen LogP contribution is 2.19. The van der Waals surface area contributed by atoms with E-state index in [1.165, 1.54) is 0 Å². The number of rotatable bonds is 3. The van der Waals surface area contributed by atoms with Gasteiger partial charge in [-0.1, -0.05) is 6.07 Å². The van der Waals surface area contributed by atoms with E-state index in [2.05, 4.69) is 25.2 Å². The molecule has 3 rings (SSSR count). The molecular formula is C12H14N4O3. The molecule has 2 heterocycles. The van der Waals surface area contributed by atoms with Gasteiger partial charge < -0.3 is 10.1 Å². The van der Waals surface area contributed by atoms with Crippen LogP contribution in [0.1, 0.15) is 0 Å². The van der Waals surface area contributed by atoms with Crippen LogP contribution in [0.25, 0.3) is 11.0 Å². The smallest absolute Gasteiger partial charge is 0.238 e. The second-order valence-electron chi connectivity index (χ2n) is 4.37. The summed E-state index contributed by atoms with van der Waals surface area (Å²) in [5, 5.41) is 10.4. The maximum atomic E-state index is 12.0. The number of nitrogens with one attached hydrogen (secondary N) is 1. The Labute approximate surface area is 109 Å². The number of ether oxygens (including phenoxy) is 1. The Kier molecular flexibility index (Phi) is 3.39. The number of benzene rings is 1. The van der Waals surface area contributed by atoms with Gasteiger partial charge in [0.15, 0.2) is 5.52 Å². The second kappa shape index (κ2) is 5.33. The average molecular weight is 262 g/mol. The summed E-state index contributed by atoms with van der Waals surface area (Å²) < 4.78 is 9.90. The van der Waals surface area contributed by atoms with E-state index in [-0.39, 0.29) is 5.91 Å². The molecule has 2 aromatic rings. The zero-order chi connectivity index (χ0) is 13.1. The summed E-state index contributed by atoms with van der Waals surface area (Å²) in [5.74, 6) is -0.0719. The van der Waals surface area contributed by atoms with Gasteiger partial charge in [-0.3, -0.25) is 9.69 Å². The number of fused-ring (bicyclic) bond motifs is 1. The van der Waals surface area contributed by atoms with Crippen LogP contribution in [0.3, 0.4) is 0 Å². The van der Waals surface area contributed by atoms with E-state index < -0.39 is 0 Å². The Bertz CT molecular complexity index is 577. The van der Waals surface area contributed by atoms with Crippen LogP contribution in [-0.2, 0) is 9.53 Å². The van der Waals surface area contributed by atoms with E-state index in [9.17, 15) is 4.79 Å². The highest BCUT2D eigenvalue weighted by atomic mass is 16.6. The first kappa shape index (κ1) is 12.1. The first-order chi connectivity index (χ1) is 9.33. The molecular weight excluding hydrogens is 248 g/mol. The molecule has 0 saturated carbocycles. The standard InChI is InChI=1S/C12H14N4O3/c17-11(8-16-4-6-18-7-5-16)13-9-2-1-3-10-12(9)15-19-14-10/h1-3H,4-8H2,(H,13,17). The van der Waals surface area contributed by atoms with Crippen molar-refractivity contribution in [3.8, 4) is 0 Å². The molecule has 100 valence electrons. The fourth-order valence-electron chi connectivity index (χ4n) is 2.06. The third-order valence-corrected chi connectivity index (χ3v) is 3.03. The minimum atomic E-state index is -0.0719. The van der Waals surface area contributed by atoms with Crippen molar-refractivity contribution in [3.63, 3.8) is 0 Å². The van der Waals surface area contributed by atoms with Gasteiger partial charge in [-0.25, -0.2) is 4.63 Å². The fourth-order valence-corrected chi connectivity index (χ4v) is 2.06. The summed E-state index contributed by atoms with van der Waals surface area (Å²) in [7, 11) is 0. The summed E-state index contributed by atoms with van der Waals surface area (Å²) in [6, 6.07) is 5.37. The summed E-state index contributed by atoms with van der Waals surface area (Å²) >= 11 is 0. The Morgan fingerprint density at radius 1 is 1.32 bits per heavy atom. The van der Waals surface area contributed by atoms with Gasteiger partial charge in [0.05, 0.1) is 25.4 Å². The number of anilines is 1. The molecule has 1 amide bonds. The van der Waals surface area contributed by atoms with Gasteiger partial charge in [0.25, 0.3) is 0 Å². The van der Waals surface area contributed by atoms with Crippen LogP contribution in [0.4, 0.5) is 5.69 Å². The monoisotopic (exact) mass is 262 g/mol. The van der Waals surface area contributed by atoms with Gasteiger partial charge in [-0.2, -0.15) is 0 Å². The molecule has 1 aromatic carbocycles. The minimum Gasteiger partial charge on any atom is -0.379 e. The third-order valence-electron chi connectivity index (χ3n) is 3.03. The number of carbonyl (C=O) groups is 1. The van der Waals surface area contributed by atoms with Gasteiger partial charge in [0.2, 0.25) is 5.91 Å². The predicted octanol–water partition coefficient (Wildman–Crippen LogP) is 0.493. The summed E-state index contributed by atoms with van der Waals surface area (Å²) in [6.45, 7) is 3.27. The summed E-state index contributed by atoms with van der Waals surface area (Å²) in [6.07, 6.45) is 0. The molecule has 1 saturated heterocycles. The lowest BCUT2D eigenvalue weighted by Gasteiger charge is -2.25. The molecule has 0 radical (unpaired) electrons. The number of carbonyl (C=O) groups excluding carboxylic acids is 1. The van der Waals surface area contributed by atoms with Crippen LogP contribution in [0.15, 0.2) is 22.8 Å². The van der Waals surface area contributed by atoms with Crippen LogP contribution >= 0.6 is 0 Å².